The molecule has 0 spiro atoms. The fraction of sp³-hybridized carbons (Fsp3) is 0.905. The molecule has 2 amide bonds. The van der Waals surface area contributed by atoms with Gasteiger partial charge in [0.15, 0.2) is 0 Å². The molecule has 7 nitrogen and oxygen atoms in total. The first kappa shape index (κ1) is 21.4. The fourth-order valence-electron chi connectivity index (χ4n) is 5.07. The Bertz CT molecular complexity index is 522. The number of aliphatic carboxylic acids is 1. The second-order valence-electron chi connectivity index (χ2n) is 9.12. The molecule has 3 N–H and O–H groups in total. The third-order valence-corrected chi connectivity index (χ3v) is 7.08. The monoisotopic (exact) mass is 394 g/mol. The molecule has 2 saturated carbocycles. The summed E-state index contributed by atoms with van der Waals surface area (Å²) in [7, 11) is 0. The number of piperidine rings is 1. The smallest absolute Gasteiger partial charge is 0.317 e. The van der Waals surface area contributed by atoms with Gasteiger partial charge in [-0.25, -0.2) is 4.79 Å². The van der Waals surface area contributed by atoms with E-state index < -0.39 is 5.97 Å². The lowest BCUT2D eigenvalue weighted by Gasteiger charge is -2.42. The van der Waals surface area contributed by atoms with Crippen LogP contribution in [-0.2, 0) is 4.79 Å². The molecule has 3 rings (SSSR count). The minimum absolute atomic E-state index is 0.0556. The summed E-state index contributed by atoms with van der Waals surface area (Å²) in [5.41, 5.74) is 0. The van der Waals surface area contributed by atoms with Crippen LogP contribution >= 0.6 is 0 Å². The summed E-state index contributed by atoms with van der Waals surface area (Å²) >= 11 is 0. The van der Waals surface area contributed by atoms with E-state index in [1.807, 2.05) is 11.8 Å². The number of carbonyl (C=O) groups is 2. The van der Waals surface area contributed by atoms with E-state index in [1.165, 1.54) is 38.8 Å². The van der Waals surface area contributed by atoms with Gasteiger partial charge in [-0.15, -0.1) is 0 Å². The van der Waals surface area contributed by atoms with E-state index in [1.54, 1.807) is 0 Å². The van der Waals surface area contributed by atoms with E-state index in [4.69, 9.17) is 5.11 Å². The van der Waals surface area contributed by atoms with Crippen LogP contribution in [0.4, 0.5) is 4.79 Å². The van der Waals surface area contributed by atoms with Crippen LogP contribution < -0.4 is 10.6 Å². The lowest BCUT2D eigenvalue weighted by molar-refractivity contribution is -0.139. The SMILES string of the molecule is CCN(CC(=O)O)C1CC(NC(=O)NC2CCC(N3CCC(C)CC3)CC2)C1. The molecule has 3 aliphatic rings. The van der Waals surface area contributed by atoms with Gasteiger partial charge in [0.2, 0.25) is 0 Å². The van der Waals surface area contributed by atoms with Gasteiger partial charge in [-0.1, -0.05) is 13.8 Å². The van der Waals surface area contributed by atoms with Gasteiger partial charge in [-0.05, 0) is 76.9 Å². The van der Waals surface area contributed by atoms with Crippen molar-refractivity contribution in [2.75, 3.05) is 26.2 Å². The summed E-state index contributed by atoms with van der Waals surface area (Å²) in [5.74, 6) is 0.0863. The number of nitrogens with one attached hydrogen (secondary N) is 2. The average Bonchev–Trinajstić information content (AvgIpc) is 2.64. The molecule has 0 aromatic carbocycles. The largest absolute Gasteiger partial charge is 0.480 e. The van der Waals surface area contributed by atoms with E-state index in [0.29, 0.717) is 6.04 Å². The molecular weight excluding hydrogens is 356 g/mol. The molecule has 3 fully saturated rings. The zero-order valence-electron chi connectivity index (χ0n) is 17.5. The van der Waals surface area contributed by atoms with Crippen molar-refractivity contribution in [3.63, 3.8) is 0 Å². The van der Waals surface area contributed by atoms with Gasteiger partial charge in [-0.2, -0.15) is 0 Å². The van der Waals surface area contributed by atoms with Crippen LogP contribution in [0.15, 0.2) is 0 Å². The van der Waals surface area contributed by atoms with Crippen molar-refractivity contribution in [3.05, 3.63) is 0 Å². The van der Waals surface area contributed by atoms with Gasteiger partial charge in [-0.3, -0.25) is 9.69 Å². The maximum absolute atomic E-state index is 12.3. The van der Waals surface area contributed by atoms with E-state index in [-0.39, 0.29) is 30.7 Å². The predicted octanol–water partition coefficient (Wildman–Crippen LogP) is 2.27. The fourth-order valence-corrected chi connectivity index (χ4v) is 5.07. The number of carboxylic acid groups (broad SMARTS) is 1. The third-order valence-electron chi connectivity index (χ3n) is 7.08. The minimum Gasteiger partial charge on any atom is -0.480 e. The normalized spacial score (nSPS) is 32.0. The Hall–Kier alpha value is -1.34. The van der Waals surface area contributed by atoms with Gasteiger partial charge < -0.3 is 20.6 Å². The number of nitrogens with zero attached hydrogens (tertiary/aromatic N) is 2. The average molecular weight is 395 g/mol. The van der Waals surface area contributed by atoms with Crippen molar-refractivity contribution in [3.8, 4) is 0 Å². The van der Waals surface area contributed by atoms with Crippen LogP contribution in [0.3, 0.4) is 0 Å². The highest BCUT2D eigenvalue weighted by atomic mass is 16.4. The predicted molar refractivity (Wildman–Crippen MR) is 109 cm³/mol. The third kappa shape index (κ3) is 5.83. The van der Waals surface area contributed by atoms with Crippen LogP contribution in [0.25, 0.3) is 0 Å². The number of rotatable bonds is 7. The van der Waals surface area contributed by atoms with E-state index in [9.17, 15) is 9.59 Å². The van der Waals surface area contributed by atoms with E-state index in [2.05, 4.69) is 22.5 Å². The number of urea groups is 1. The Labute approximate surface area is 169 Å². The van der Waals surface area contributed by atoms with Gasteiger partial charge >= 0.3 is 12.0 Å². The Balaban J connectivity index is 1.31. The highest BCUT2D eigenvalue weighted by molar-refractivity contribution is 5.74. The number of hydrogen-bond acceptors (Lipinski definition) is 4. The maximum Gasteiger partial charge on any atom is 0.317 e. The van der Waals surface area contributed by atoms with Gasteiger partial charge in [0.1, 0.15) is 0 Å². The number of amides is 2. The summed E-state index contributed by atoms with van der Waals surface area (Å²) < 4.78 is 0. The van der Waals surface area contributed by atoms with Crippen LogP contribution in [0, 0.1) is 5.92 Å². The van der Waals surface area contributed by atoms with Crippen molar-refractivity contribution in [1.82, 2.24) is 20.4 Å². The Morgan fingerprint density at radius 2 is 1.61 bits per heavy atom. The topological polar surface area (TPSA) is 84.9 Å². The second kappa shape index (κ2) is 9.92. The van der Waals surface area contributed by atoms with Gasteiger partial charge in [0, 0.05) is 24.2 Å². The quantitative estimate of drug-likeness (QED) is 0.617. The summed E-state index contributed by atoms with van der Waals surface area (Å²) in [5, 5.41) is 15.2. The molecule has 160 valence electrons. The summed E-state index contributed by atoms with van der Waals surface area (Å²) in [6, 6.07) is 1.37. The molecule has 0 atom stereocenters. The number of carboxylic acids is 1. The lowest BCUT2D eigenvalue weighted by Crippen LogP contribution is -2.57. The molecule has 1 aliphatic heterocycles. The second-order valence-corrected chi connectivity index (χ2v) is 9.12. The Kier molecular flexibility index (Phi) is 7.57. The van der Waals surface area contributed by atoms with E-state index >= 15 is 0 Å². The molecule has 1 heterocycles. The van der Waals surface area contributed by atoms with Crippen molar-refractivity contribution in [2.45, 2.75) is 89.4 Å². The first-order chi connectivity index (χ1) is 13.4. The first-order valence-corrected chi connectivity index (χ1v) is 11.2. The molecule has 7 heteroatoms. The molecule has 0 unspecified atom stereocenters. The molecule has 0 aromatic rings. The van der Waals surface area contributed by atoms with Crippen LogP contribution in [0.5, 0.6) is 0 Å². The standard InChI is InChI=1S/C21H38N4O3/c1-3-24(14-20(26)27)19-12-17(13-19)23-21(28)22-16-4-6-18(7-5-16)25-10-8-15(2)9-11-25/h15-19H,3-14H2,1-2H3,(H,26,27)(H2,22,23,28). The highest BCUT2D eigenvalue weighted by Crippen LogP contribution is 2.28. The highest BCUT2D eigenvalue weighted by Gasteiger charge is 2.35. The van der Waals surface area contributed by atoms with Crippen molar-refractivity contribution < 1.29 is 14.7 Å². The molecule has 2 aliphatic carbocycles. The van der Waals surface area contributed by atoms with E-state index in [0.717, 1.165) is 38.1 Å². The van der Waals surface area contributed by atoms with Crippen LogP contribution in [0.1, 0.15) is 65.2 Å². The van der Waals surface area contributed by atoms with Crippen LogP contribution in [0.2, 0.25) is 0 Å². The number of hydrogen-bond donors (Lipinski definition) is 3. The summed E-state index contributed by atoms with van der Waals surface area (Å²) in [4.78, 5) is 27.9. The van der Waals surface area contributed by atoms with Crippen molar-refractivity contribution in [2.24, 2.45) is 5.92 Å². The Morgan fingerprint density at radius 1 is 1.00 bits per heavy atom. The number of carbonyl (C=O) groups excluding carboxylic acids is 1. The Morgan fingerprint density at radius 3 is 2.18 bits per heavy atom. The number of likely N-dealkylation sites (N-methyl/N-ethyl adjacent to an activating group) is 1. The summed E-state index contributed by atoms with van der Waals surface area (Å²) in [6.07, 6.45) is 8.84. The maximum atomic E-state index is 12.3. The minimum atomic E-state index is -0.786. The van der Waals surface area contributed by atoms with Gasteiger partial charge in [0.25, 0.3) is 0 Å². The summed E-state index contributed by atoms with van der Waals surface area (Å²) in [6.45, 7) is 7.63. The molecule has 1 saturated heterocycles. The zero-order valence-corrected chi connectivity index (χ0v) is 17.5. The molecule has 0 aromatic heterocycles. The molecule has 0 bridgehead atoms. The van der Waals surface area contributed by atoms with Crippen molar-refractivity contribution in [1.29, 1.82) is 0 Å². The molecule has 0 radical (unpaired) electrons. The molecular formula is C21H38N4O3. The number of likely N-dealkylation sites (tertiary alicyclic amines) is 1. The molecule has 28 heavy (non-hydrogen) atoms. The zero-order chi connectivity index (χ0) is 20.1. The van der Waals surface area contributed by atoms with Gasteiger partial charge in [0.05, 0.1) is 6.54 Å². The first-order valence-electron chi connectivity index (χ1n) is 11.2. The van der Waals surface area contributed by atoms with Crippen LogP contribution in [-0.4, -0.2) is 77.3 Å². The lowest BCUT2D eigenvalue weighted by atomic mass is 9.85. The van der Waals surface area contributed by atoms with Crippen molar-refractivity contribution >= 4 is 12.0 Å².